The van der Waals surface area contributed by atoms with Gasteiger partial charge >= 0.3 is 0 Å². The highest BCUT2D eigenvalue weighted by molar-refractivity contribution is 5.94. The molecule has 0 saturated heterocycles. The van der Waals surface area contributed by atoms with E-state index >= 15 is 0 Å². The normalized spacial score (nSPS) is 22.6. The van der Waals surface area contributed by atoms with Crippen LogP contribution < -0.4 is 0 Å². The van der Waals surface area contributed by atoms with Crippen molar-refractivity contribution in [1.82, 2.24) is 0 Å². The molecule has 0 saturated carbocycles. The second-order valence-corrected chi connectivity index (χ2v) is 4.59. The molecular formula is C13H15NO. The minimum Gasteiger partial charge on any atom is -0.383 e. The first-order valence-electron chi connectivity index (χ1n) is 5.61. The molecule has 0 unspecified atom stereocenters. The predicted molar refractivity (Wildman–Crippen MR) is 60.3 cm³/mol. The number of fused-ring (bicyclic) bond motifs is 1. The van der Waals surface area contributed by atoms with Crippen molar-refractivity contribution >= 4 is 5.71 Å². The second-order valence-electron chi connectivity index (χ2n) is 4.59. The van der Waals surface area contributed by atoms with E-state index in [0.29, 0.717) is 0 Å². The lowest BCUT2D eigenvalue weighted by Gasteiger charge is -2.22. The van der Waals surface area contributed by atoms with E-state index in [9.17, 15) is 5.11 Å². The van der Waals surface area contributed by atoms with E-state index in [1.807, 2.05) is 12.1 Å². The maximum absolute atomic E-state index is 10.6. The summed E-state index contributed by atoms with van der Waals surface area (Å²) in [6.07, 6.45) is 3.59. The smallest absolute Gasteiger partial charge is 0.110 e. The first-order valence-corrected chi connectivity index (χ1v) is 5.61. The number of nitrogens with zero attached hydrogens (tertiary/aromatic N) is 1. The van der Waals surface area contributed by atoms with Crippen LogP contribution in [0.3, 0.4) is 0 Å². The lowest BCUT2D eigenvalue weighted by atomic mass is 9.92. The molecule has 0 amide bonds. The Morgan fingerprint density at radius 2 is 1.80 bits per heavy atom. The minimum atomic E-state index is -0.666. The molecule has 1 aromatic rings. The van der Waals surface area contributed by atoms with E-state index in [4.69, 9.17) is 0 Å². The number of benzene rings is 1. The van der Waals surface area contributed by atoms with Crippen LogP contribution in [0.1, 0.15) is 24.0 Å². The topological polar surface area (TPSA) is 32.6 Å². The number of aliphatic hydroxyl groups is 1. The molecule has 0 bridgehead atoms. The summed E-state index contributed by atoms with van der Waals surface area (Å²) in [4.78, 5) is 4.44. The van der Waals surface area contributed by atoms with Crippen molar-refractivity contribution < 1.29 is 5.11 Å². The Morgan fingerprint density at radius 1 is 1.13 bits per heavy atom. The van der Waals surface area contributed by atoms with Crippen LogP contribution in [0.2, 0.25) is 0 Å². The minimum absolute atomic E-state index is 0.666. The van der Waals surface area contributed by atoms with Gasteiger partial charge < -0.3 is 5.11 Å². The summed E-state index contributed by atoms with van der Waals surface area (Å²) in [6.45, 7) is 0.897. The lowest BCUT2D eigenvalue weighted by molar-refractivity contribution is 0.122. The molecule has 2 aliphatic rings. The van der Waals surface area contributed by atoms with E-state index in [2.05, 4.69) is 17.1 Å². The number of aliphatic imine (C=N–C) groups is 1. The van der Waals surface area contributed by atoms with Gasteiger partial charge in [0.15, 0.2) is 0 Å². The average molecular weight is 201 g/mol. The van der Waals surface area contributed by atoms with Gasteiger partial charge in [-0.15, -0.1) is 0 Å². The van der Waals surface area contributed by atoms with Gasteiger partial charge in [0.05, 0.1) is 0 Å². The molecule has 1 aromatic carbocycles. The highest BCUT2D eigenvalue weighted by Gasteiger charge is 2.39. The van der Waals surface area contributed by atoms with Crippen LogP contribution in [0, 0.1) is 0 Å². The maximum atomic E-state index is 10.6. The van der Waals surface area contributed by atoms with Crippen molar-refractivity contribution in [3.63, 3.8) is 0 Å². The van der Waals surface area contributed by atoms with Crippen molar-refractivity contribution in [3.05, 3.63) is 35.4 Å². The Labute approximate surface area is 89.7 Å². The number of hydrogen-bond acceptors (Lipinski definition) is 2. The van der Waals surface area contributed by atoms with Gasteiger partial charge in [-0.3, -0.25) is 4.99 Å². The highest BCUT2D eigenvalue weighted by Crippen LogP contribution is 2.33. The van der Waals surface area contributed by atoms with E-state index in [-0.39, 0.29) is 0 Å². The van der Waals surface area contributed by atoms with Gasteiger partial charge in [-0.1, -0.05) is 24.3 Å². The van der Waals surface area contributed by atoms with Crippen molar-refractivity contribution in [2.24, 2.45) is 4.99 Å². The zero-order valence-corrected chi connectivity index (χ0v) is 8.74. The lowest BCUT2D eigenvalue weighted by Crippen LogP contribution is -2.38. The Bertz CT molecular complexity index is 397. The van der Waals surface area contributed by atoms with Crippen LogP contribution in [0.5, 0.6) is 0 Å². The molecule has 3 rings (SSSR count). The molecule has 15 heavy (non-hydrogen) atoms. The predicted octanol–water partition coefficient (Wildman–Crippen LogP) is 1.75. The second kappa shape index (κ2) is 3.17. The molecule has 1 N–H and O–H groups in total. The van der Waals surface area contributed by atoms with Crippen LogP contribution >= 0.6 is 0 Å². The average Bonchev–Trinajstić information content (AvgIpc) is 2.83. The van der Waals surface area contributed by atoms with Crippen LogP contribution in [0.25, 0.3) is 0 Å². The van der Waals surface area contributed by atoms with Crippen LogP contribution in [-0.4, -0.2) is 23.0 Å². The quantitative estimate of drug-likeness (QED) is 0.737. The van der Waals surface area contributed by atoms with Gasteiger partial charge in [0.1, 0.15) is 5.60 Å². The third-order valence-electron chi connectivity index (χ3n) is 3.50. The fourth-order valence-corrected chi connectivity index (χ4v) is 2.72. The molecule has 1 heterocycles. The summed E-state index contributed by atoms with van der Waals surface area (Å²) in [6, 6.07) is 8.31. The van der Waals surface area contributed by atoms with Crippen LogP contribution in [0.15, 0.2) is 29.3 Å². The molecule has 0 fully saturated rings. The Hall–Kier alpha value is -1.15. The molecule has 0 radical (unpaired) electrons. The molecule has 0 aromatic heterocycles. The van der Waals surface area contributed by atoms with Crippen molar-refractivity contribution in [2.75, 3.05) is 6.54 Å². The van der Waals surface area contributed by atoms with Gasteiger partial charge in [-0.2, -0.15) is 0 Å². The summed E-state index contributed by atoms with van der Waals surface area (Å²) in [5.74, 6) is 0. The monoisotopic (exact) mass is 201 g/mol. The van der Waals surface area contributed by atoms with Gasteiger partial charge in [-0.05, 0) is 24.0 Å². The van der Waals surface area contributed by atoms with E-state index in [1.165, 1.54) is 11.1 Å². The molecule has 0 atom stereocenters. The summed E-state index contributed by atoms with van der Waals surface area (Å²) in [5.41, 5.74) is 2.93. The van der Waals surface area contributed by atoms with E-state index in [1.54, 1.807) is 0 Å². The Kier molecular flexibility index (Phi) is 1.93. The summed E-state index contributed by atoms with van der Waals surface area (Å²) < 4.78 is 0. The Balaban J connectivity index is 1.94. The van der Waals surface area contributed by atoms with Gasteiger partial charge in [0.2, 0.25) is 0 Å². The number of rotatable bonds is 1. The van der Waals surface area contributed by atoms with Gasteiger partial charge in [0, 0.05) is 25.1 Å². The summed E-state index contributed by atoms with van der Waals surface area (Å²) >= 11 is 0. The zero-order chi connectivity index (χ0) is 10.3. The van der Waals surface area contributed by atoms with Crippen molar-refractivity contribution in [3.8, 4) is 0 Å². The third kappa shape index (κ3) is 1.40. The SMILES string of the molecule is OC1(C2=NCCC2)Cc2ccccc2C1. The molecule has 78 valence electrons. The fourth-order valence-electron chi connectivity index (χ4n) is 2.72. The van der Waals surface area contributed by atoms with Gasteiger partial charge in [0.25, 0.3) is 0 Å². The molecule has 2 nitrogen and oxygen atoms in total. The van der Waals surface area contributed by atoms with Crippen LogP contribution in [0.4, 0.5) is 0 Å². The third-order valence-corrected chi connectivity index (χ3v) is 3.50. The first-order chi connectivity index (χ1) is 7.28. The standard InChI is InChI=1S/C13H15NO/c15-13(12-6-3-7-14-12)8-10-4-1-2-5-11(10)9-13/h1-2,4-5,15H,3,6-9H2. The van der Waals surface area contributed by atoms with Crippen LogP contribution in [-0.2, 0) is 12.8 Å². The van der Waals surface area contributed by atoms with E-state index in [0.717, 1.165) is 37.9 Å². The highest BCUT2D eigenvalue weighted by atomic mass is 16.3. The zero-order valence-electron chi connectivity index (χ0n) is 8.74. The molecule has 1 aliphatic heterocycles. The molecule has 0 spiro atoms. The Morgan fingerprint density at radius 3 is 2.33 bits per heavy atom. The van der Waals surface area contributed by atoms with Gasteiger partial charge in [-0.25, -0.2) is 0 Å². The molecule has 1 aliphatic carbocycles. The molecular weight excluding hydrogens is 186 g/mol. The first kappa shape index (κ1) is 9.10. The molecule has 2 heteroatoms. The summed E-state index contributed by atoms with van der Waals surface area (Å²) in [5, 5.41) is 10.6. The van der Waals surface area contributed by atoms with E-state index < -0.39 is 5.60 Å². The largest absolute Gasteiger partial charge is 0.383 e. The van der Waals surface area contributed by atoms with Crippen molar-refractivity contribution in [1.29, 1.82) is 0 Å². The summed E-state index contributed by atoms with van der Waals surface area (Å²) in [7, 11) is 0. The fraction of sp³-hybridized carbons (Fsp3) is 0.462. The maximum Gasteiger partial charge on any atom is 0.110 e. The number of hydrogen-bond donors (Lipinski definition) is 1. The van der Waals surface area contributed by atoms with Crippen molar-refractivity contribution in [2.45, 2.75) is 31.3 Å².